The van der Waals surface area contributed by atoms with Gasteiger partial charge in [0.05, 0.1) is 22.8 Å². The second-order valence-corrected chi connectivity index (χ2v) is 7.19. The fraction of sp³-hybridized carbons (Fsp3) is 0.0769. The van der Waals surface area contributed by atoms with E-state index in [0.29, 0.717) is 0 Å². The molecule has 0 saturated heterocycles. The summed E-state index contributed by atoms with van der Waals surface area (Å²) in [5.41, 5.74) is 6.93. The molecule has 0 aromatic heterocycles. The molecule has 0 unspecified atom stereocenters. The molecule has 4 rings (SSSR count). The summed E-state index contributed by atoms with van der Waals surface area (Å²) in [6.45, 7) is 0. The Morgan fingerprint density at radius 1 is 0.567 bits per heavy atom. The van der Waals surface area contributed by atoms with Crippen LogP contribution in [0.4, 0.5) is 28.4 Å². The largest absolute Gasteiger partial charge is 0.378 e. The fourth-order valence-corrected chi connectivity index (χ4v) is 3.03. The van der Waals surface area contributed by atoms with Crippen LogP contribution in [0.5, 0.6) is 0 Å². The number of aliphatic imine (C=N–C) groups is 2. The van der Waals surface area contributed by atoms with Crippen LogP contribution in [-0.2, 0) is 0 Å². The SMILES string of the molecule is CN(C)c1ccc(N=C2C=CC(=Nc3ccc(Nc4ccccc4)cc3)C=C2)cc1. The third-order valence-electron chi connectivity index (χ3n) is 4.66. The van der Waals surface area contributed by atoms with Gasteiger partial charge >= 0.3 is 0 Å². The molecule has 1 N–H and O–H groups in total. The van der Waals surface area contributed by atoms with Crippen molar-refractivity contribution in [1.29, 1.82) is 0 Å². The summed E-state index contributed by atoms with van der Waals surface area (Å²) in [4.78, 5) is 11.4. The molecule has 148 valence electrons. The molecular weight excluding hydrogens is 368 g/mol. The first-order chi connectivity index (χ1) is 14.7. The van der Waals surface area contributed by atoms with Gasteiger partial charge in [-0.05, 0) is 85.0 Å². The van der Waals surface area contributed by atoms with Crippen LogP contribution in [0.15, 0.2) is 113 Å². The average molecular weight is 393 g/mol. The standard InChI is InChI=1S/C26H24N4/c1-30(2)26-18-16-25(17-19-26)29-24-14-12-23(13-15-24)28-22-10-8-21(9-11-22)27-20-6-4-3-5-7-20/h3-19,27H,1-2H3. The van der Waals surface area contributed by atoms with Crippen molar-refractivity contribution < 1.29 is 0 Å². The van der Waals surface area contributed by atoms with E-state index in [2.05, 4.69) is 27.3 Å². The highest BCUT2D eigenvalue weighted by Crippen LogP contribution is 2.22. The Morgan fingerprint density at radius 3 is 1.53 bits per heavy atom. The number of rotatable bonds is 5. The summed E-state index contributed by atoms with van der Waals surface area (Å²) < 4.78 is 0. The molecule has 0 atom stereocenters. The smallest absolute Gasteiger partial charge is 0.0638 e. The highest BCUT2D eigenvalue weighted by atomic mass is 15.1. The van der Waals surface area contributed by atoms with Crippen molar-refractivity contribution in [3.63, 3.8) is 0 Å². The maximum Gasteiger partial charge on any atom is 0.0638 e. The Morgan fingerprint density at radius 2 is 1.03 bits per heavy atom. The van der Waals surface area contributed by atoms with Crippen molar-refractivity contribution in [1.82, 2.24) is 0 Å². The summed E-state index contributed by atoms with van der Waals surface area (Å²) >= 11 is 0. The second-order valence-electron chi connectivity index (χ2n) is 7.19. The van der Waals surface area contributed by atoms with Gasteiger partial charge in [-0.2, -0.15) is 0 Å². The lowest BCUT2D eigenvalue weighted by Gasteiger charge is -2.11. The first kappa shape index (κ1) is 19.4. The van der Waals surface area contributed by atoms with E-state index in [1.807, 2.05) is 105 Å². The van der Waals surface area contributed by atoms with Gasteiger partial charge in [-0.25, -0.2) is 9.98 Å². The van der Waals surface area contributed by atoms with E-state index < -0.39 is 0 Å². The van der Waals surface area contributed by atoms with Gasteiger partial charge < -0.3 is 10.2 Å². The van der Waals surface area contributed by atoms with Gasteiger partial charge in [0.1, 0.15) is 0 Å². The predicted molar refractivity (Wildman–Crippen MR) is 129 cm³/mol. The lowest BCUT2D eigenvalue weighted by Crippen LogP contribution is -2.07. The van der Waals surface area contributed by atoms with Crippen LogP contribution in [-0.4, -0.2) is 25.5 Å². The Hall–Kier alpha value is -3.92. The maximum atomic E-state index is 4.69. The molecule has 0 heterocycles. The topological polar surface area (TPSA) is 40.0 Å². The number of para-hydroxylation sites is 1. The van der Waals surface area contributed by atoms with Crippen LogP contribution in [0, 0.1) is 0 Å². The third-order valence-corrected chi connectivity index (χ3v) is 4.66. The second kappa shape index (κ2) is 9.05. The first-order valence-corrected chi connectivity index (χ1v) is 9.89. The van der Waals surface area contributed by atoms with Crippen molar-refractivity contribution >= 4 is 39.9 Å². The van der Waals surface area contributed by atoms with Crippen molar-refractivity contribution in [2.24, 2.45) is 9.98 Å². The Kier molecular flexibility index (Phi) is 5.85. The molecule has 4 heteroatoms. The minimum atomic E-state index is 0.903. The molecule has 0 radical (unpaired) electrons. The fourth-order valence-electron chi connectivity index (χ4n) is 3.03. The molecule has 0 saturated carbocycles. The van der Waals surface area contributed by atoms with Crippen molar-refractivity contribution in [3.05, 3.63) is 103 Å². The van der Waals surface area contributed by atoms with Gasteiger partial charge in [0.15, 0.2) is 0 Å². The monoisotopic (exact) mass is 392 g/mol. The Labute approximate surface area is 177 Å². The number of nitrogens with zero attached hydrogens (tertiary/aromatic N) is 3. The molecule has 3 aromatic rings. The molecule has 1 aliphatic carbocycles. The highest BCUT2D eigenvalue weighted by molar-refractivity contribution is 6.19. The number of benzene rings is 3. The predicted octanol–water partition coefficient (Wildman–Crippen LogP) is 6.47. The van der Waals surface area contributed by atoms with E-state index in [-0.39, 0.29) is 0 Å². The minimum Gasteiger partial charge on any atom is -0.378 e. The first-order valence-electron chi connectivity index (χ1n) is 9.89. The van der Waals surface area contributed by atoms with E-state index in [1.165, 1.54) is 0 Å². The van der Waals surface area contributed by atoms with E-state index in [0.717, 1.165) is 39.9 Å². The van der Waals surface area contributed by atoms with Gasteiger partial charge in [0.25, 0.3) is 0 Å². The van der Waals surface area contributed by atoms with Crippen molar-refractivity contribution in [3.8, 4) is 0 Å². The molecule has 0 bridgehead atoms. The zero-order valence-electron chi connectivity index (χ0n) is 17.2. The highest BCUT2D eigenvalue weighted by Gasteiger charge is 2.02. The van der Waals surface area contributed by atoms with Gasteiger partial charge in [-0.1, -0.05) is 18.2 Å². The van der Waals surface area contributed by atoms with Crippen LogP contribution in [0.3, 0.4) is 0 Å². The Balaban J connectivity index is 1.40. The number of anilines is 3. The summed E-state index contributed by atoms with van der Waals surface area (Å²) in [5, 5.41) is 3.38. The maximum absolute atomic E-state index is 4.69. The van der Waals surface area contributed by atoms with Crippen LogP contribution in [0.2, 0.25) is 0 Å². The molecule has 0 amide bonds. The number of allylic oxidation sites excluding steroid dienone is 4. The van der Waals surface area contributed by atoms with E-state index in [4.69, 9.17) is 4.99 Å². The van der Waals surface area contributed by atoms with Crippen LogP contribution >= 0.6 is 0 Å². The third kappa shape index (κ3) is 5.11. The van der Waals surface area contributed by atoms with Gasteiger partial charge in [0.2, 0.25) is 0 Å². The molecule has 0 spiro atoms. The lowest BCUT2D eigenvalue weighted by molar-refractivity contribution is 1.13. The molecule has 0 fully saturated rings. The van der Waals surface area contributed by atoms with Gasteiger partial charge in [0, 0.05) is 31.2 Å². The molecule has 1 aliphatic rings. The van der Waals surface area contributed by atoms with Crippen molar-refractivity contribution in [2.45, 2.75) is 0 Å². The van der Waals surface area contributed by atoms with E-state index in [9.17, 15) is 0 Å². The summed E-state index contributed by atoms with van der Waals surface area (Å²) in [7, 11) is 4.06. The van der Waals surface area contributed by atoms with E-state index >= 15 is 0 Å². The number of nitrogens with one attached hydrogen (secondary N) is 1. The minimum absolute atomic E-state index is 0.903. The summed E-state index contributed by atoms with van der Waals surface area (Å²) in [6, 6.07) is 26.4. The molecular formula is C26H24N4. The number of hydrogen-bond acceptors (Lipinski definition) is 4. The Bertz CT molecular complexity index is 1090. The van der Waals surface area contributed by atoms with Gasteiger partial charge in [-0.15, -0.1) is 0 Å². The zero-order valence-corrected chi connectivity index (χ0v) is 17.2. The van der Waals surface area contributed by atoms with Crippen LogP contribution < -0.4 is 10.2 Å². The average Bonchev–Trinajstić information content (AvgIpc) is 2.78. The normalized spacial score (nSPS) is 12.6. The zero-order chi connectivity index (χ0) is 20.8. The molecule has 30 heavy (non-hydrogen) atoms. The summed E-state index contributed by atoms with van der Waals surface area (Å²) in [5.74, 6) is 0. The number of hydrogen-bond donors (Lipinski definition) is 1. The molecule has 3 aromatic carbocycles. The van der Waals surface area contributed by atoms with Crippen molar-refractivity contribution in [2.75, 3.05) is 24.3 Å². The quantitative estimate of drug-likeness (QED) is 0.506. The van der Waals surface area contributed by atoms with Crippen LogP contribution in [0.1, 0.15) is 0 Å². The van der Waals surface area contributed by atoms with Crippen LogP contribution in [0.25, 0.3) is 0 Å². The summed E-state index contributed by atoms with van der Waals surface area (Å²) in [6.07, 6.45) is 7.96. The van der Waals surface area contributed by atoms with Gasteiger partial charge in [-0.3, -0.25) is 0 Å². The lowest BCUT2D eigenvalue weighted by atomic mass is 10.1. The molecule has 0 aliphatic heterocycles. The van der Waals surface area contributed by atoms with E-state index in [1.54, 1.807) is 0 Å². The molecule has 4 nitrogen and oxygen atoms in total.